The number of ether oxygens (including phenoxy) is 1. The first-order chi connectivity index (χ1) is 11.6. The number of carbonyl (C=O) groups is 1. The van der Waals surface area contributed by atoms with Crippen LogP contribution in [0.4, 0.5) is 5.69 Å². The molecule has 2 aromatic rings. The van der Waals surface area contributed by atoms with Gasteiger partial charge in [0, 0.05) is 13.1 Å². The first-order valence-electron chi connectivity index (χ1n) is 8.33. The Labute approximate surface area is 141 Å². The van der Waals surface area contributed by atoms with Gasteiger partial charge in [-0.2, -0.15) is 5.10 Å². The van der Waals surface area contributed by atoms with Gasteiger partial charge in [-0.15, -0.1) is 0 Å². The number of nitrogens with zero attached hydrogens (tertiary/aromatic N) is 2. The third-order valence-electron chi connectivity index (χ3n) is 5.08. The number of benzene rings is 1. The third kappa shape index (κ3) is 2.52. The van der Waals surface area contributed by atoms with Gasteiger partial charge in [-0.1, -0.05) is 24.3 Å². The third-order valence-corrected chi connectivity index (χ3v) is 5.08. The van der Waals surface area contributed by atoms with Gasteiger partial charge in [-0.05, 0) is 31.4 Å². The molecule has 4 rings (SSSR count). The zero-order valence-corrected chi connectivity index (χ0v) is 14.1. The van der Waals surface area contributed by atoms with E-state index in [1.807, 2.05) is 13.8 Å². The first kappa shape index (κ1) is 15.4. The van der Waals surface area contributed by atoms with Gasteiger partial charge in [0.05, 0.1) is 30.2 Å². The monoisotopic (exact) mass is 326 g/mol. The van der Waals surface area contributed by atoms with Gasteiger partial charge in [0.25, 0.3) is 0 Å². The lowest BCUT2D eigenvalue weighted by Crippen LogP contribution is -2.35. The molecule has 1 atom stereocenters. The number of hydrogen-bond donors (Lipinski definition) is 2. The van der Waals surface area contributed by atoms with Crippen LogP contribution in [0.5, 0.6) is 0 Å². The van der Waals surface area contributed by atoms with Crippen molar-refractivity contribution < 1.29 is 9.53 Å². The van der Waals surface area contributed by atoms with Gasteiger partial charge in [-0.25, -0.2) is 0 Å². The predicted molar refractivity (Wildman–Crippen MR) is 90.7 cm³/mol. The fourth-order valence-corrected chi connectivity index (χ4v) is 3.83. The molecule has 0 aliphatic carbocycles. The SMILES string of the molecule is Cc1n[nH]c(C)c1NC(=O)CN1CCC2(C1)OCc1ccccc12. The molecular weight excluding hydrogens is 304 g/mol. The predicted octanol–water partition coefficient (Wildman–Crippen LogP) is 2.10. The van der Waals surface area contributed by atoms with Crippen LogP contribution in [0.2, 0.25) is 0 Å². The molecule has 1 fully saturated rings. The summed E-state index contributed by atoms with van der Waals surface area (Å²) in [5.74, 6) is -0.00840. The summed E-state index contributed by atoms with van der Waals surface area (Å²) in [7, 11) is 0. The molecule has 2 aliphatic rings. The molecule has 2 aliphatic heterocycles. The smallest absolute Gasteiger partial charge is 0.238 e. The minimum Gasteiger partial charge on any atom is -0.364 e. The summed E-state index contributed by atoms with van der Waals surface area (Å²) >= 11 is 0. The summed E-state index contributed by atoms with van der Waals surface area (Å²) in [4.78, 5) is 14.6. The minimum atomic E-state index is -0.238. The van der Waals surface area contributed by atoms with Gasteiger partial charge in [0.1, 0.15) is 5.60 Å². The van der Waals surface area contributed by atoms with Gasteiger partial charge < -0.3 is 10.1 Å². The minimum absolute atomic E-state index is 0.00840. The highest BCUT2D eigenvalue weighted by Gasteiger charge is 2.45. The number of amides is 1. The number of likely N-dealkylation sites (tertiary alicyclic amines) is 1. The Hall–Kier alpha value is -2.18. The number of carbonyl (C=O) groups excluding carboxylic acids is 1. The van der Waals surface area contributed by atoms with Gasteiger partial charge in [0.2, 0.25) is 5.91 Å². The quantitative estimate of drug-likeness (QED) is 0.906. The Balaban J connectivity index is 1.42. The number of hydrogen-bond acceptors (Lipinski definition) is 4. The van der Waals surface area contributed by atoms with Crippen molar-refractivity contribution in [3.63, 3.8) is 0 Å². The van der Waals surface area contributed by atoms with Gasteiger partial charge >= 0.3 is 0 Å². The van der Waals surface area contributed by atoms with Crippen LogP contribution in [0.3, 0.4) is 0 Å². The van der Waals surface area contributed by atoms with Crippen molar-refractivity contribution in [2.75, 3.05) is 25.0 Å². The Morgan fingerprint density at radius 2 is 2.25 bits per heavy atom. The molecule has 0 bridgehead atoms. The first-order valence-corrected chi connectivity index (χ1v) is 8.33. The summed E-state index contributed by atoms with van der Waals surface area (Å²) in [6.07, 6.45) is 0.932. The number of fused-ring (bicyclic) bond motifs is 2. The van der Waals surface area contributed by atoms with E-state index in [9.17, 15) is 4.79 Å². The molecule has 1 aromatic carbocycles. The molecule has 126 valence electrons. The summed E-state index contributed by atoms with van der Waals surface area (Å²) in [6.45, 7) is 6.46. The lowest BCUT2D eigenvalue weighted by Gasteiger charge is -2.24. The van der Waals surface area contributed by atoms with E-state index >= 15 is 0 Å². The standard InChI is InChI=1S/C18H22N4O2/c1-12-17(13(2)21-20-12)19-16(23)9-22-8-7-18(11-22)15-6-4-3-5-14(15)10-24-18/h3-6H,7-11H2,1-2H3,(H,19,23)(H,20,21). The molecule has 3 heterocycles. The highest BCUT2D eigenvalue weighted by molar-refractivity contribution is 5.93. The average molecular weight is 326 g/mol. The molecule has 1 unspecified atom stereocenters. The van der Waals surface area contributed by atoms with E-state index in [0.717, 1.165) is 36.6 Å². The highest BCUT2D eigenvalue weighted by Crippen LogP contribution is 2.43. The Morgan fingerprint density at radius 1 is 1.42 bits per heavy atom. The lowest BCUT2D eigenvalue weighted by molar-refractivity contribution is -0.117. The maximum atomic E-state index is 12.4. The van der Waals surface area contributed by atoms with E-state index in [0.29, 0.717) is 13.2 Å². The lowest BCUT2D eigenvalue weighted by atomic mass is 9.92. The Kier molecular flexibility index (Phi) is 3.66. The van der Waals surface area contributed by atoms with Crippen LogP contribution in [-0.4, -0.2) is 40.6 Å². The second-order valence-corrected chi connectivity index (χ2v) is 6.76. The number of rotatable bonds is 3. The molecule has 0 saturated carbocycles. The molecule has 6 heteroatoms. The van der Waals surface area contributed by atoms with Crippen LogP contribution in [0.25, 0.3) is 0 Å². The van der Waals surface area contributed by atoms with E-state index in [1.165, 1.54) is 11.1 Å². The van der Waals surface area contributed by atoms with Crippen LogP contribution in [0.1, 0.15) is 28.9 Å². The van der Waals surface area contributed by atoms with Crippen molar-refractivity contribution in [2.45, 2.75) is 32.5 Å². The second-order valence-electron chi connectivity index (χ2n) is 6.76. The highest BCUT2D eigenvalue weighted by atomic mass is 16.5. The number of aryl methyl sites for hydroxylation is 2. The molecule has 1 aromatic heterocycles. The average Bonchev–Trinajstić information content (AvgIpc) is 3.24. The summed E-state index contributed by atoms with van der Waals surface area (Å²) in [5.41, 5.74) is 4.80. The topological polar surface area (TPSA) is 70.2 Å². The molecule has 1 spiro atoms. The zero-order valence-electron chi connectivity index (χ0n) is 14.1. The maximum absolute atomic E-state index is 12.4. The van der Waals surface area contributed by atoms with Crippen molar-refractivity contribution in [3.8, 4) is 0 Å². The number of anilines is 1. The summed E-state index contributed by atoms with van der Waals surface area (Å²) in [6, 6.07) is 8.40. The van der Waals surface area contributed by atoms with Crippen LogP contribution >= 0.6 is 0 Å². The molecule has 24 heavy (non-hydrogen) atoms. The van der Waals surface area contributed by atoms with Crippen LogP contribution in [-0.2, 0) is 21.7 Å². The maximum Gasteiger partial charge on any atom is 0.238 e. The van der Waals surface area contributed by atoms with Crippen LogP contribution in [0.15, 0.2) is 24.3 Å². The largest absolute Gasteiger partial charge is 0.364 e. The molecule has 0 radical (unpaired) electrons. The molecular formula is C18H22N4O2. The van der Waals surface area contributed by atoms with E-state index in [4.69, 9.17) is 4.74 Å². The normalized spacial score (nSPS) is 22.9. The molecule has 2 N–H and O–H groups in total. The Bertz CT molecular complexity index is 766. The van der Waals surface area contributed by atoms with Crippen molar-refractivity contribution in [3.05, 3.63) is 46.8 Å². The number of aromatic amines is 1. The summed E-state index contributed by atoms with van der Waals surface area (Å²) in [5, 5.41) is 9.97. The summed E-state index contributed by atoms with van der Waals surface area (Å²) < 4.78 is 6.14. The number of H-pyrrole nitrogens is 1. The number of aromatic nitrogens is 2. The van der Waals surface area contributed by atoms with Crippen LogP contribution in [0, 0.1) is 13.8 Å². The molecule has 6 nitrogen and oxygen atoms in total. The van der Waals surface area contributed by atoms with Gasteiger partial charge in [0.15, 0.2) is 0 Å². The fourth-order valence-electron chi connectivity index (χ4n) is 3.83. The number of nitrogens with one attached hydrogen (secondary N) is 2. The van der Waals surface area contributed by atoms with Gasteiger partial charge in [-0.3, -0.25) is 14.8 Å². The van der Waals surface area contributed by atoms with Crippen LogP contribution < -0.4 is 5.32 Å². The second kappa shape index (κ2) is 5.72. The van der Waals surface area contributed by atoms with Crippen molar-refractivity contribution >= 4 is 11.6 Å². The van der Waals surface area contributed by atoms with E-state index < -0.39 is 0 Å². The Morgan fingerprint density at radius 3 is 3.04 bits per heavy atom. The zero-order chi connectivity index (χ0) is 16.7. The van der Waals surface area contributed by atoms with E-state index in [2.05, 4.69) is 44.7 Å². The van der Waals surface area contributed by atoms with Crippen molar-refractivity contribution in [1.82, 2.24) is 15.1 Å². The molecule has 1 saturated heterocycles. The van der Waals surface area contributed by atoms with E-state index in [-0.39, 0.29) is 11.5 Å². The molecule has 1 amide bonds. The van der Waals surface area contributed by atoms with Crippen molar-refractivity contribution in [1.29, 1.82) is 0 Å². The fraction of sp³-hybridized carbons (Fsp3) is 0.444. The van der Waals surface area contributed by atoms with Crippen molar-refractivity contribution in [2.24, 2.45) is 0 Å². The van der Waals surface area contributed by atoms with E-state index in [1.54, 1.807) is 0 Å².